The van der Waals surface area contributed by atoms with Crippen LogP contribution in [0.4, 0.5) is 11.4 Å². The lowest BCUT2D eigenvalue weighted by Crippen LogP contribution is -2.20. The molecule has 110 valence electrons. The molecule has 1 aromatic carbocycles. The van der Waals surface area contributed by atoms with Gasteiger partial charge in [0.05, 0.1) is 19.4 Å². The van der Waals surface area contributed by atoms with Crippen molar-refractivity contribution in [2.75, 3.05) is 31.4 Å². The van der Waals surface area contributed by atoms with E-state index in [2.05, 4.69) is 5.32 Å². The Hall–Kier alpha value is -1.75. The lowest BCUT2D eigenvalue weighted by atomic mass is 10.1. The molecule has 0 heterocycles. The molecule has 1 amide bonds. The number of nitrogens with two attached hydrogens (primary N) is 1. The average molecular weight is 278 g/mol. The number of carbonyl (C=O) groups is 1. The van der Waals surface area contributed by atoms with Crippen LogP contribution in [-0.4, -0.2) is 26.2 Å². The molecule has 0 bridgehead atoms. The molecule has 20 heavy (non-hydrogen) atoms. The minimum absolute atomic E-state index is 0.0639. The Morgan fingerprint density at radius 3 is 2.85 bits per heavy atom. The molecule has 0 spiro atoms. The Kier molecular flexibility index (Phi) is 5.24. The molecule has 5 nitrogen and oxygen atoms in total. The standard InChI is InChI=1S/C15H22N2O3/c1-19-14-7-6-12(16)8-13(14)17-15(18)10-20-9-11-4-2-3-5-11/h6-8,11H,2-5,9-10,16H2,1H3,(H,17,18). The molecule has 0 unspecified atom stereocenters. The first-order valence-electron chi connectivity index (χ1n) is 7.00. The van der Waals surface area contributed by atoms with Crippen LogP contribution < -0.4 is 15.8 Å². The monoisotopic (exact) mass is 278 g/mol. The summed E-state index contributed by atoms with van der Waals surface area (Å²) in [5.74, 6) is 1.01. The van der Waals surface area contributed by atoms with E-state index in [0.717, 1.165) is 0 Å². The number of methoxy groups -OCH3 is 1. The van der Waals surface area contributed by atoms with Gasteiger partial charge < -0.3 is 20.5 Å². The van der Waals surface area contributed by atoms with E-state index in [1.807, 2.05) is 0 Å². The van der Waals surface area contributed by atoms with Crippen molar-refractivity contribution in [2.24, 2.45) is 5.92 Å². The van der Waals surface area contributed by atoms with Crippen LogP contribution in [0.5, 0.6) is 5.75 Å². The molecule has 1 saturated carbocycles. The van der Waals surface area contributed by atoms with E-state index in [0.29, 0.717) is 29.6 Å². The van der Waals surface area contributed by atoms with E-state index in [9.17, 15) is 4.79 Å². The third-order valence-corrected chi connectivity index (χ3v) is 3.56. The van der Waals surface area contributed by atoms with Gasteiger partial charge in [0.1, 0.15) is 12.4 Å². The molecule has 0 aliphatic heterocycles. The molecule has 1 aliphatic carbocycles. The maximum Gasteiger partial charge on any atom is 0.250 e. The van der Waals surface area contributed by atoms with Crippen molar-refractivity contribution in [3.8, 4) is 5.75 Å². The maximum atomic E-state index is 11.8. The number of hydrogen-bond donors (Lipinski definition) is 2. The largest absolute Gasteiger partial charge is 0.495 e. The van der Waals surface area contributed by atoms with Gasteiger partial charge in [0, 0.05) is 5.69 Å². The Morgan fingerprint density at radius 1 is 1.40 bits per heavy atom. The minimum Gasteiger partial charge on any atom is -0.495 e. The summed E-state index contributed by atoms with van der Waals surface area (Å²) >= 11 is 0. The normalized spacial score (nSPS) is 15.2. The smallest absolute Gasteiger partial charge is 0.250 e. The fourth-order valence-corrected chi connectivity index (χ4v) is 2.50. The van der Waals surface area contributed by atoms with E-state index in [1.165, 1.54) is 25.7 Å². The molecule has 3 N–H and O–H groups in total. The Balaban J connectivity index is 1.80. The van der Waals surface area contributed by atoms with Gasteiger partial charge in [0.25, 0.3) is 0 Å². The SMILES string of the molecule is COc1ccc(N)cc1NC(=O)COCC1CCCC1. The van der Waals surface area contributed by atoms with Gasteiger partial charge in [0.15, 0.2) is 0 Å². The number of nitrogen functional groups attached to an aromatic ring is 1. The lowest BCUT2D eigenvalue weighted by molar-refractivity contribution is -0.121. The zero-order valence-electron chi connectivity index (χ0n) is 11.9. The first kappa shape index (κ1) is 14.7. The van der Waals surface area contributed by atoms with Crippen molar-refractivity contribution < 1.29 is 14.3 Å². The maximum absolute atomic E-state index is 11.8. The molecule has 5 heteroatoms. The molecule has 1 aromatic rings. The molecule has 0 saturated heterocycles. The summed E-state index contributed by atoms with van der Waals surface area (Å²) in [6.07, 6.45) is 4.98. The lowest BCUT2D eigenvalue weighted by Gasteiger charge is -2.12. The van der Waals surface area contributed by atoms with E-state index in [1.54, 1.807) is 25.3 Å². The summed E-state index contributed by atoms with van der Waals surface area (Å²) in [5, 5.41) is 2.76. The summed E-state index contributed by atoms with van der Waals surface area (Å²) in [4.78, 5) is 11.8. The quantitative estimate of drug-likeness (QED) is 0.784. The van der Waals surface area contributed by atoms with Crippen LogP contribution in [0.25, 0.3) is 0 Å². The zero-order chi connectivity index (χ0) is 14.4. The molecule has 0 radical (unpaired) electrons. The average Bonchev–Trinajstić information content (AvgIpc) is 2.92. The van der Waals surface area contributed by atoms with Crippen LogP contribution in [0, 0.1) is 5.92 Å². The number of rotatable bonds is 6. The molecule has 1 fully saturated rings. The van der Waals surface area contributed by atoms with Gasteiger partial charge in [-0.15, -0.1) is 0 Å². The Labute approximate surface area is 119 Å². The van der Waals surface area contributed by atoms with E-state index in [4.69, 9.17) is 15.2 Å². The van der Waals surface area contributed by atoms with Crippen LogP contribution >= 0.6 is 0 Å². The highest BCUT2D eigenvalue weighted by Gasteiger charge is 2.15. The third-order valence-electron chi connectivity index (χ3n) is 3.56. The summed E-state index contributed by atoms with van der Waals surface area (Å²) in [5.41, 5.74) is 6.85. The Bertz CT molecular complexity index is 456. The second kappa shape index (κ2) is 7.14. The van der Waals surface area contributed by atoms with Crippen molar-refractivity contribution in [1.82, 2.24) is 0 Å². The highest BCUT2D eigenvalue weighted by molar-refractivity contribution is 5.93. The van der Waals surface area contributed by atoms with Gasteiger partial charge in [-0.05, 0) is 37.0 Å². The second-order valence-electron chi connectivity index (χ2n) is 5.17. The Morgan fingerprint density at radius 2 is 2.15 bits per heavy atom. The highest BCUT2D eigenvalue weighted by atomic mass is 16.5. The summed E-state index contributed by atoms with van der Waals surface area (Å²) in [6, 6.07) is 5.13. The van der Waals surface area contributed by atoms with Crippen molar-refractivity contribution in [3.63, 3.8) is 0 Å². The van der Waals surface area contributed by atoms with Gasteiger partial charge in [0.2, 0.25) is 5.91 Å². The van der Waals surface area contributed by atoms with E-state index in [-0.39, 0.29) is 12.5 Å². The second-order valence-corrected chi connectivity index (χ2v) is 5.17. The molecular formula is C15H22N2O3. The number of hydrogen-bond acceptors (Lipinski definition) is 4. The predicted molar refractivity (Wildman–Crippen MR) is 78.8 cm³/mol. The predicted octanol–water partition coefficient (Wildman–Crippen LogP) is 2.42. The van der Waals surface area contributed by atoms with Gasteiger partial charge in [-0.1, -0.05) is 12.8 Å². The fraction of sp³-hybridized carbons (Fsp3) is 0.533. The molecule has 0 aromatic heterocycles. The molecule has 2 rings (SSSR count). The van der Waals surface area contributed by atoms with Crippen molar-refractivity contribution in [1.29, 1.82) is 0 Å². The van der Waals surface area contributed by atoms with Crippen molar-refractivity contribution in [2.45, 2.75) is 25.7 Å². The van der Waals surface area contributed by atoms with Crippen molar-refractivity contribution >= 4 is 17.3 Å². The van der Waals surface area contributed by atoms with Crippen LogP contribution in [0.3, 0.4) is 0 Å². The minimum atomic E-state index is -0.188. The van der Waals surface area contributed by atoms with E-state index < -0.39 is 0 Å². The fourth-order valence-electron chi connectivity index (χ4n) is 2.50. The van der Waals surface area contributed by atoms with Crippen LogP contribution in [0.1, 0.15) is 25.7 Å². The molecular weight excluding hydrogens is 256 g/mol. The molecule has 0 atom stereocenters. The van der Waals surface area contributed by atoms with E-state index >= 15 is 0 Å². The van der Waals surface area contributed by atoms with Gasteiger partial charge in [-0.2, -0.15) is 0 Å². The first-order valence-corrected chi connectivity index (χ1v) is 7.00. The number of anilines is 2. The zero-order valence-corrected chi connectivity index (χ0v) is 11.9. The number of carbonyl (C=O) groups excluding carboxylic acids is 1. The van der Waals surface area contributed by atoms with Gasteiger partial charge in [-0.25, -0.2) is 0 Å². The summed E-state index contributed by atoms with van der Waals surface area (Å²) in [7, 11) is 1.55. The summed E-state index contributed by atoms with van der Waals surface area (Å²) in [6.45, 7) is 0.732. The van der Waals surface area contributed by atoms with Crippen LogP contribution in [-0.2, 0) is 9.53 Å². The summed E-state index contributed by atoms with van der Waals surface area (Å²) < 4.78 is 10.6. The van der Waals surface area contributed by atoms with Gasteiger partial charge >= 0.3 is 0 Å². The highest BCUT2D eigenvalue weighted by Crippen LogP contribution is 2.27. The van der Waals surface area contributed by atoms with Crippen LogP contribution in [0.2, 0.25) is 0 Å². The first-order chi connectivity index (χ1) is 9.69. The number of ether oxygens (including phenoxy) is 2. The number of benzene rings is 1. The van der Waals surface area contributed by atoms with Crippen molar-refractivity contribution in [3.05, 3.63) is 18.2 Å². The van der Waals surface area contributed by atoms with Gasteiger partial charge in [-0.3, -0.25) is 4.79 Å². The third kappa shape index (κ3) is 4.13. The van der Waals surface area contributed by atoms with Crippen LogP contribution in [0.15, 0.2) is 18.2 Å². The topological polar surface area (TPSA) is 73.6 Å². The number of nitrogens with one attached hydrogen (secondary N) is 1. The molecule has 1 aliphatic rings. The number of amides is 1.